The lowest BCUT2D eigenvalue weighted by Gasteiger charge is -2.28. The lowest BCUT2D eigenvalue weighted by Crippen LogP contribution is -2.60. The van der Waals surface area contributed by atoms with E-state index in [0.717, 1.165) is 0 Å². The fourth-order valence-electron chi connectivity index (χ4n) is 7.10. The van der Waals surface area contributed by atoms with Crippen molar-refractivity contribution in [1.29, 1.82) is 0 Å². The van der Waals surface area contributed by atoms with Gasteiger partial charge in [0.2, 0.25) is 59.1 Å². The Morgan fingerprint density at radius 1 is 0.457 bits per heavy atom. The monoisotopic (exact) mass is 1190 g/mol. The smallest absolute Gasteiger partial charge is 0.327 e. The van der Waals surface area contributed by atoms with Gasteiger partial charge < -0.3 is 97.6 Å². The molecule has 0 aromatic heterocycles. The number of hydrogen-bond donors (Lipinski definition) is 20. The van der Waals surface area contributed by atoms with Crippen LogP contribution in [0.2, 0.25) is 0 Å². The number of nitrogens with one attached hydrogen (secondary N) is 9. The normalized spacial score (nSPS) is 14.2. The van der Waals surface area contributed by atoms with Crippen molar-refractivity contribution in [2.45, 2.75) is 153 Å². The van der Waals surface area contributed by atoms with Crippen molar-refractivity contribution in [1.82, 2.24) is 47.9 Å². The summed E-state index contributed by atoms with van der Waals surface area (Å²) in [5, 5.41) is 49.8. The average Bonchev–Trinajstić information content (AvgIpc) is 3.40. The van der Waals surface area contributed by atoms with E-state index in [1.165, 1.54) is 13.8 Å². The van der Waals surface area contributed by atoms with Gasteiger partial charge in [-0.1, -0.05) is 27.7 Å². The summed E-state index contributed by atoms with van der Waals surface area (Å²) in [5.41, 5.74) is 32.7. The number of carbonyl (C=O) groups is 13. The zero-order chi connectivity index (χ0) is 62.1. The van der Waals surface area contributed by atoms with Crippen LogP contribution in [0, 0.1) is 11.8 Å². The quantitative estimate of drug-likeness (QED) is 0.0117. The Hall–Kier alpha value is -7.69. The number of guanidine groups is 2. The fraction of sp³-hybridized carbons (Fsp3) is 0.674. The molecular weight excluding hydrogens is 1110 g/mol. The Labute approximate surface area is 478 Å². The van der Waals surface area contributed by atoms with E-state index in [-0.39, 0.29) is 74.5 Å². The summed E-state index contributed by atoms with van der Waals surface area (Å²) in [6.07, 6.45) is -3.62. The first-order chi connectivity index (χ1) is 37.8. The molecule has 0 aromatic rings. The highest BCUT2D eigenvalue weighted by molar-refractivity contribution is 7.80. The third-order valence-corrected chi connectivity index (χ3v) is 12.1. The summed E-state index contributed by atoms with van der Waals surface area (Å²) in [6.45, 7) is 5.58. The van der Waals surface area contributed by atoms with Gasteiger partial charge in [-0.05, 0) is 63.2 Å². The maximum atomic E-state index is 14.2. The summed E-state index contributed by atoms with van der Waals surface area (Å²) < 4.78 is 0. The first kappa shape index (κ1) is 73.3. The minimum absolute atomic E-state index is 0.00790. The number of carboxylic acid groups (broad SMARTS) is 3. The summed E-state index contributed by atoms with van der Waals surface area (Å²) >= 11 is 7.88. The van der Waals surface area contributed by atoms with Gasteiger partial charge in [0.15, 0.2) is 11.9 Å². The molecule has 0 aromatic carbocycles. The lowest BCUT2D eigenvalue weighted by atomic mass is 10.0. The highest BCUT2D eigenvalue weighted by Gasteiger charge is 2.35. The zero-order valence-electron chi connectivity index (χ0n) is 45.6. The molecule has 35 heteroatoms. The molecule has 0 spiro atoms. The topological polar surface area (TPSA) is 572 Å². The van der Waals surface area contributed by atoms with Crippen molar-refractivity contribution in [2.75, 3.05) is 31.1 Å². The predicted octanol–water partition coefficient (Wildman–Crippen LogP) is -6.94. The largest absolute Gasteiger partial charge is 0.481 e. The van der Waals surface area contributed by atoms with E-state index < -0.39 is 182 Å². The molecule has 0 rings (SSSR count). The van der Waals surface area contributed by atoms with Gasteiger partial charge in [-0.15, -0.1) is 0 Å². The van der Waals surface area contributed by atoms with E-state index in [9.17, 15) is 77.6 Å². The van der Waals surface area contributed by atoms with Gasteiger partial charge in [0.1, 0.15) is 48.3 Å². The summed E-state index contributed by atoms with van der Waals surface area (Å²) in [4.78, 5) is 177. The van der Waals surface area contributed by atoms with E-state index in [4.69, 9.17) is 34.4 Å². The number of nitrogens with two attached hydrogens (primary N) is 6. The Bertz CT molecular complexity index is 2250. The summed E-state index contributed by atoms with van der Waals surface area (Å²) in [7, 11) is 0. The highest BCUT2D eigenvalue weighted by atomic mass is 32.1. The second kappa shape index (κ2) is 38.8. The Kier molecular flexibility index (Phi) is 35.1. The molecule has 9 atom stereocenters. The SMILES string of the molecule is CC(C)C[C@H](NC(=O)[C@H](CCC(=O)O)NC(=O)[C@@H](N)CS)C(=O)N[C@@H](CCCN=C(N)N)C(=O)N[C@@H](CCC(=O)O)C(=O)N[C@@H](CCC(N)=O)C(=O)N[C@H](C(=O)NCC(=O)N[C@@H](CCCN=C(N)N)C(=O)N[C@@H](CS)C(=O)O)C(C)C. The van der Waals surface area contributed by atoms with Crippen LogP contribution < -0.4 is 82.3 Å². The van der Waals surface area contributed by atoms with Gasteiger partial charge in [-0.25, -0.2) is 4.79 Å². The lowest BCUT2D eigenvalue weighted by molar-refractivity contribution is -0.141. The van der Waals surface area contributed by atoms with Crippen molar-refractivity contribution >= 4 is 114 Å². The second-order valence-corrected chi connectivity index (χ2v) is 19.9. The van der Waals surface area contributed by atoms with Crippen molar-refractivity contribution in [3.8, 4) is 0 Å². The van der Waals surface area contributed by atoms with Crippen molar-refractivity contribution in [3.63, 3.8) is 0 Å². The number of carbonyl (C=O) groups excluding carboxylic acids is 10. The van der Waals surface area contributed by atoms with Crippen LogP contribution in [-0.2, 0) is 62.3 Å². The van der Waals surface area contributed by atoms with Gasteiger partial charge in [0.05, 0.1) is 12.6 Å². The molecule has 0 unspecified atom stereocenters. The third kappa shape index (κ3) is 31.6. The van der Waals surface area contributed by atoms with Crippen LogP contribution in [0.25, 0.3) is 0 Å². The van der Waals surface area contributed by atoms with Gasteiger partial charge in [-0.3, -0.25) is 67.5 Å². The van der Waals surface area contributed by atoms with E-state index in [2.05, 4.69) is 83.1 Å². The molecule has 0 bridgehead atoms. The number of hydrogen-bond acceptors (Lipinski definition) is 18. The second-order valence-electron chi connectivity index (χ2n) is 19.1. The van der Waals surface area contributed by atoms with E-state index in [1.807, 2.05) is 0 Å². The van der Waals surface area contributed by atoms with Gasteiger partial charge >= 0.3 is 17.9 Å². The third-order valence-electron chi connectivity index (χ3n) is 11.4. The number of primary amides is 1. The number of amides is 10. The number of aliphatic carboxylic acids is 3. The standard InChI is InChI=1S/C46H81N17O16S2/c1-21(2)17-29(61-40(74)27(10-13-33(66)67)57-36(70)23(47)19-80)42(76)58-25(8-6-16-54-46(51)52)38(72)60-28(11-14-34(68)69)39(73)59-26(9-12-31(48)64)41(75)63-35(22(3)4)43(77)55-18-32(65)56-24(7-5-15-53-45(49)50)37(71)62-30(20-81)44(78)79/h21-30,35,80-81H,5-20,47H2,1-4H3,(H2,48,64)(H,55,77)(H,56,65)(H,57,70)(H,58,76)(H,59,73)(H,60,72)(H,61,74)(H,62,71)(H,63,75)(H,66,67)(H,68,69)(H,78,79)(H4,49,50,53)(H4,51,52,54)/t23-,24-,25-,26-,27-,28-,29-,30-,35-/m0/s1. The average molecular weight is 1190 g/mol. The maximum Gasteiger partial charge on any atom is 0.327 e. The molecule has 0 heterocycles. The molecule has 0 saturated heterocycles. The molecule has 81 heavy (non-hydrogen) atoms. The van der Waals surface area contributed by atoms with E-state index in [1.54, 1.807) is 13.8 Å². The van der Waals surface area contributed by atoms with E-state index >= 15 is 0 Å². The number of carboxylic acids is 3. The molecule has 0 radical (unpaired) electrons. The Balaban J connectivity index is 6.79. The van der Waals surface area contributed by atoms with Gasteiger partial charge in [-0.2, -0.15) is 25.3 Å². The Morgan fingerprint density at radius 3 is 1.20 bits per heavy atom. The molecule has 0 saturated carbocycles. The number of nitrogens with zero attached hydrogens (tertiary/aromatic N) is 2. The van der Waals surface area contributed by atoms with Crippen molar-refractivity contribution in [3.05, 3.63) is 0 Å². The molecule has 0 aliphatic carbocycles. The van der Waals surface area contributed by atoms with Crippen LogP contribution in [0.3, 0.4) is 0 Å². The zero-order valence-corrected chi connectivity index (χ0v) is 47.4. The molecule has 10 amide bonds. The van der Waals surface area contributed by atoms with Crippen molar-refractivity contribution < 1.29 is 77.6 Å². The fourth-order valence-corrected chi connectivity index (χ4v) is 7.51. The molecular formula is C46H81N17O16S2. The molecule has 458 valence electrons. The van der Waals surface area contributed by atoms with Crippen molar-refractivity contribution in [2.24, 2.45) is 56.2 Å². The molecule has 24 N–H and O–H groups in total. The molecule has 0 aliphatic rings. The first-order valence-electron chi connectivity index (χ1n) is 25.6. The minimum atomic E-state index is -1.78. The molecule has 33 nitrogen and oxygen atoms in total. The van der Waals surface area contributed by atoms with Crippen LogP contribution in [-0.4, -0.2) is 190 Å². The summed E-state index contributed by atoms with van der Waals surface area (Å²) in [6, 6.07) is -13.4. The highest BCUT2D eigenvalue weighted by Crippen LogP contribution is 2.12. The van der Waals surface area contributed by atoms with Crippen LogP contribution in [0.4, 0.5) is 0 Å². The first-order valence-corrected chi connectivity index (χ1v) is 26.8. The minimum Gasteiger partial charge on any atom is -0.481 e. The van der Waals surface area contributed by atoms with Gasteiger partial charge in [0.25, 0.3) is 0 Å². The van der Waals surface area contributed by atoms with Crippen LogP contribution in [0.5, 0.6) is 0 Å². The van der Waals surface area contributed by atoms with Gasteiger partial charge in [0, 0.05) is 43.9 Å². The van der Waals surface area contributed by atoms with Crippen LogP contribution in [0.1, 0.15) is 98.3 Å². The molecule has 0 aliphatic heterocycles. The number of rotatable bonds is 41. The van der Waals surface area contributed by atoms with Crippen LogP contribution >= 0.6 is 25.3 Å². The number of thiol groups is 2. The Morgan fingerprint density at radius 2 is 0.827 bits per heavy atom. The molecule has 0 fully saturated rings. The predicted molar refractivity (Wildman–Crippen MR) is 298 cm³/mol. The summed E-state index contributed by atoms with van der Waals surface area (Å²) in [5.74, 6) is -16.0. The number of aliphatic imine (C=N–C) groups is 2. The van der Waals surface area contributed by atoms with Crippen LogP contribution in [0.15, 0.2) is 9.98 Å². The maximum absolute atomic E-state index is 14.2. The van der Waals surface area contributed by atoms with E-state index in [0.29, 0.717) is 0 Å².